The van der Waals surface area contributed by atoms with Gasteiger partial charge in [0.2, 0.25) is 0 Å². The Balaban J connectivity index is 0. The third kappa shape index (κ3) is 11.2. The van der Waals surface area contributed by atoms with E-state index in [1.54, 1.807) is 6.92 Å². The van der Waals surface area contributed by atoms with Crippen LogP contribution in [0.2, 0.25) is 0 Å². The van der Waals surface area contributed by atoms with Gasteiger partial charge < -0.3 is 0 Å². The monoisotopic (exact) mass is 272 g/mol. The standard InChI is InChI=1S/C8H8O.C7H8.2C2H6/c1-7(9)8-5-3-2-4-6-8;1-7-5-3-2-4-6-7;2*1-2/h2-6H,1H3;2-6H,1H3;2*1-2H3. The smallest absolute Gasteiger partial charge is 0.159 e. The lowest BCUT2D eigenvalue weighted by Gasteiger charge is -1.89. The molecule has 0 spiro atoms. The van der Waals surface area contributed by atoms with Crippen LogP contribution in [-0.2, 0) is 0 Å². The van der Waals surface area contributed by atoms with Gasteiger partial charge in [-0.1, -0.05) is 93.9 Å². The number of rotatable bonds is 1. The fourth-order valence-electron chi connectivity index (χ4n) is 1.21. The lowest BCUT2D eigenvalue weighted by atomic mass is 10.2. The quantitative estimate of drug-likeness (QED) is 0.587. The zero-order valence-electron chi connectivity index (χ0n) is 13.7. The highest BCUT2D eigenvalue weighted by Gasteiger charge is 1.92. The first-order chi connectivity index (χ1) is 9.70. The highest BCUT2D eigenvalue weighted by atomic mass is 16.1. The van der Waals surface area contributed by atoms with Crippen molar-refractivity contribution in [1.82, 2.24) is 0 Å². The van der Waals surface area contributed by atoms with Crippen LogP contribution in [-0.4, -0.2) is 5.78 Å². The van der Waals surface area contributed by atoms with Gasteiger partial charge >= 0.3 is 0 Å². The number of benzene rings is 2. The summed E-state index contributed by atoms with van der Waals surface area (Å²) in [5.74, 6) is 0.121. The summed E-state index contributed by atoms with van der Waals surface area (Å²) in [6.45, 7) is 11.6. The minimum Gasteiger partial charge on any atom is -0.295 e. The van der Waals surface area contributed by atoms with Crippen LogP contribution >= 0.6 is 0 Å². The van der Waals surface area contributed by atoms with E-state index in [4.69, 9.17) is 0 Å². The summed E-state index contributed by atoms with van der Waals surface area (Å²) in [7, 11) is 0. The second-order valence-corrected chi connectivity index (χ2v) is 3.58. The van der Waals surface area contributed by atoms with Gasteiger partial charge in [0, 0.05) is 5.56 Å². The molecule has 0 aliphatic carbocycles. The summed E-state index contributed by atoms with van der Waals surface area (Å²) in [6, 6.07) is 19.5. The predicted octanol–water partition coefficient (Wildman–Crippen LogP) is 5.94. The maximum Gasteiger partial charge on any atom is 0.159 e. The summed E-state index contributed by atoms with van der Waals surface area (Å²) >= 11 is 0. The van der Waals surface area contributed by atoms with Crippen LogP contribution in [0.3, 0.4) is 0 Å². The lowest BCUT2D eigenvalue weighted by molar-refractivity contribution is 0.101. The minimum absolute atomic E-state index is 0.121. The van der Waals surface area contributed by atoms with Crippen LogP contribution in [0.25, 0.3) is 0 Å². The van der Waals surface area contributed by atoms with E-state index in [0.717, 1.165) is 5.56 Å². The Labute approximate surface area is 124 Å². The Hall–Kier alpha value is -1.89. The molecule has 0 unspecified atom stereocenters. The maximum absolute atomic E-state index is 10.6. The molecule has 0 heterocycles. The van der Waals surface area contributed by atoms with E-state index in [-0.39, 0.29) is 5.78 Å². The molecule has 0 bridgehead atoms. The Morgan fingerprint density at radius 3 is 1.25 bits per heavy atom. The average Bonchev–Trinajstić information content (AvgIpc) is 2.53. The zero-order chi connectivity index (χ0) is 15.8. The third-order valence-electron chi connectivity index (χ3n) is 2.12. The van der Waals surface area contributed by atoms with Gasteiger partial charge in [0.25, 0.3) is 0 Å². The molecule has 2 aromatic rings. The van der Waals surface area contributed by atoms with Crippen LogP contribution in [0, 0.1) is 6.92 Å². The molecule has 0 radical (unpaired) electrons. The van der Waals surface area contributed by atoms with Gasteiger partial charge in [-0.25, -0.2) is 0 Å². The molecule has 20 heavy (non-hydrogen) atoms. The van der Waals surface area contributed by atoms with Crippen molar-refractivity contribution in [2.45, 2.75) is 41.5 Å². The van der Waals surface area contributed by atoms with Gasteiger partial charge in [0.15, 0.2) is 5.78 Å². The SMILES string of the molecule is CC.CC.CC(=O)c1ccccc1.Cc1ccccc1. The van der Waals surface area contributed by atoms with Gasteiger partial charge in [-0.2, -0.15) is 0 Å². The molecular formula is C19H28O. The van der Waals surface area contributed by atoms with E-state index in [0.29, 0.717) is 0 Å². The van der Waals surface area contributed by atoms with E-state index < -0.39 is 0 Å². The molecule has 1 nitrogen and oxygen atoms in total. The van der Waals surface area contributed by atoms with Crippen molar-refractivity contribution in [3.05, 3.63) is 71.8 Å². The Bertz CT molecular complexity index is 418. The molecule has 0 aromatic heterocycles. The molecule has 0 N–H and O–H groups in total. The highest BCUT2D eigenvalue weighted by Crippen LogP contribution is 1.97. The average molecular weight is 272 g/mol. The van der Waals surface area contributed by atoms with Crippen molar-refractivity contribution < 1.29 is 4.79 Å². The largest absolute Gasteiger partial charge is 0.295 e. The molecule has 1 heteroatoms. The van der Waals surface area contributed by atoms with Gasteiger partial charge in [0.05, 0.1) is 0 Å². The summed E-state index contributed by atoms with van der Waals surface area (Å²) in [5, 5.41) is 0. The van der Waals surface area contributed by atoms with Crippen molar-refractivity contribution in [2.75, 3.05) is 0 Å². The minimum atomic E-state index is 0.121. The topological polar surface area (TPSA) is 17.1 Å². The summed E-state index contributed by atoms with van der Waals surface area (Å²) in [5.41, 5.74) is 2.10. The fourth-order valence-corrected chi connectivity index (χ4v) is 1.21. The number of Topliss-reactive ketones (excluding diaryl/α,β-unsaturated/α-hetero) is 1. The molecule has 0 aliphatic heterocycles. The third-order valence-corrected chi connectivity index (χ3v) is 2.12. The Kier molecular flexibility index (Phi) is 15.5. The molecule has 0 aliphatic rings. The predicted molar refractivity (Wildman–Crippen MR) is 90.3 cm³/mol. The molecule has 0 atom stereocenters. The molecule has 0 amide bonds. The molecule has 2 rings (SSSR count). The van der Waals surface area contributed by atoms with Crippen LogP contribution in [0.15, 0.2) is 60.7 Å². The second-order valence-electron chi connectivity index (χ2n) is 3.58. The van der Waals surface area contributed by atoms with Gasteiger partial charge in [-0.3, -0.25) is 4.79 Å². The molecule has 0 saturated carbocycles. The number of carbonyl (C=O) groups excluding carboxylic acids is 1. The Morgan fingerprint density at radius 2 is 1.05 bits per heavy atom. The summed E-state index contributed by atoms with van der Waals surface area (Å²) < 4.78 is 0. The highest BCUT2D eigenvalue weighted by molar-refractivity contribution is 5.93. The van der Waals surface area contributed by atoms with Crippen LogP contribution in [0.1, 0.15) is 50.5 Å². The molecule has 2 aromatic carbocycles. The maximum atomic E-state index is 10.6. The molecule has 0 fully saturated rings. The lowest BCUT2D eigenvalue weighted by Crippen LogP contribution is -1.88. The van der Waals surface area contributed by atoms with Crippen LogP contribution < -0.4 is 0 Å². The fraction of sp³-hybridized carbons (Fsp3) is 0.316. The molecular weight excluding hydrogens is 244 g/mol. The summed E-state index contributed by atoms with van der Waals surface area (Å²) in [6.07, 6.45) is 0. The van der Waals surface area contributed by atoms with Crippen molar-refractivity contribution >= 4 is 5.78 Å². The van der Waals surface area contributed by atoms with E-state index in [1.165, 1.54) is 5.56 Å². The Morgan fingerprint density at radius 1 is 0.700 bits per heavy atom. The van der Waals surface area contributed by atoms with E-state index in [2.05, 4.69) is 19.1 Å². The summed E-state index contributed by atoms with van der Waals surface area (Å²) in [4.78, 5) is 10.6. The number of hydrogen-bond donors (Lipinski definition) is 0. The normalized spacial score (nSPS) is 7.70. The first-order valence-corrected chi connectivity index (χ1v) is 7.28. The first kappa shape index (κ1) is 20.4. The van der Waals surface area contributed by atoms with Crippen molar-refractivity contribution in [2.24, 2.45) is 0 Å². The van der Waals surface area contributed by atoms with E-state index in [1.807, 2.05) is 76.2 Å². The number of hydrogen-bond acceptors (Lipinski definition) is 1. The zero-order valence-corrected chi connectivity index (χ0v) is 13.7. The van der Waals surface area contributed by atoms with Gasteiger partial charge in [-0.05, 0) is 13.8 Å². The molecule has 0 saturated heterocycles. The number of ketones is 1. The van der Waals surface area contributed by atoms with E-state index >= 15 is 0 Å². The van der Waals surface area contributed by atoms with Crippen molar-refractivity contribution in [3.8, 4) is 0 Å². The first-order valence-electron chi connectivity index (χ1n) is 7.28. The van der Waals surface area contributed by atoms with Crippen molar-refractivity contribution in [1.29, 1.82) is 0 Å². The second kappa shape index (κ2) is 15.2. The van der Waals surface area contributed by atoms with Crippen molar-refractivity contribution in [3.63, 3.8) is 0 Å². The van der Waals surface area contributed by atoms with E-state index in [9.17, 15) is 4.79 Å². The van der Waals surface area contributed by atoms with Crippen LogP contribution in [0.4, 0.5) is 0 Å². The molecule has 110 valence electrons. The van der Waals surface area contributed by atoms with Gasteiger partial charge in [-0.15, -0.1) is 0 Å². The number of aryl methyl sites for hydroxylation is 1. The number of carbonyl (C=O) groups is 1. The van der Waals surface area contributed by atoms with Gasteiger partial charge in [0.1, 0.15) is 0 Å². The van der Waals surface area contributed by atoms with Crippen LogP contribution in [0.5, 0.6) is 0 Å².